The number of nitro benzene ring substituents is 1. The lowest BCUT2D eigenvalue weighted by Gasteiger charge is -2.28. The minimum absolute atomic E-state index is 0.0801. The molecule has 0 radical (unpaired) electrons. The number of hydrogen-bond donors (Lipinski definition) is 3. The lowest BCUT2D eigenvalue weighted by Crippen LogP contribution is -2.52. The Balaban J connectivity index is 2.04. The molecule has 21 heavy (non-hydrogen) atoms. The minimum Gasteiger partial charge on any atom is -0.394 e. The van der Waals surface area contributed by atoms with Crippen LogP contribution < -0.4 is 10.6 Å². The largest absolute Gasteiger partial charge is 0.394 e. The van der Waals surface area contributed by atoms with E-state index in [9.17, 15) is 20.0 Å². The van der Waals surface area contributed by atoms with Crippen LogP contribution in [0.25, 0.3) is 0 Å². The van der Waals surface area contributed by atoms with Crippen molar-refractivity contribution in [2.45, 2.75) is 25.3 Å². The molecule has 0 spiro atoms. The second-order valence-electron chi connectivity index (χ2n) is 5.35. The van der Waals surface area contributed by atoms with Crippen LogP contribution in [0.15, 0.2) is 18.2 Å². The number of rotatable bonds is 5. The van der Waals surface area contributed by atoms with Crippen molar-refractivity contribution >= 4 is 29.0 Å². The Bertz CT molecular complexity index is 577. The van der Waals surface area contributed by atoms with Gasteiger partial charge in [-0.25, -0.2) is 4.79 Å². The van der Waals surface area contributed by atoms with Crippen molar-refractivity contribution in [3.05, 3.63) is 33.3 Å². The maximum atomic E-state index is 12.0. The molecule has 1 atom stereocenters. The molecule has 3 N–H and O–H groups in total. The number of nitro groups is 1. The molecule has 0 aliphatic heterocycles. The molecule has 1 aromatic carbocycles. The van der Waals surface area contributed by atoms with Crippen molar-refractivity contribution in [1.29, 1.82) is 0 Å². The van der Waals surface area contributed by atoms with E-state index in [-0.39, 0.29) is 28.9 Å². The quantitative estimate of drug-likeness (QED) is 0.574. The van der Waals surface area contributed by atoms with Gasteiger partial charge in [0.05, 0.1) is 27.8 Å². The highest BCUT2D eigenvalue weighted by atomic mass is 35.5. The average Bonchev–Trinajstić information content (AvgIpc) is 3.25. The summed E-state index contributed by atoms with van der Waals surface area (Å²) in [6.07, 6.45) is 1.94. The number of nitrogens with one attached hydrogen (secondary N) is 2. The van der Waals surface area contributed by atoms with Gasteiger partial charge >= 0.3 is 6.03 Å². The summed E-state index contributed by atoms with van der Waals surface area (Å²) in [7, 11) is 0. The van der Waals surface area contributed by atoms with Crippen LogP contribution in [0.1, 0.15) is 19.8 Å². The van der Waals surface area contributed by atoms with Crippen LogP contribution in [0.2, 0.25) is 5.02 Å². The fraction of sp³-hybridized carbons (Fsp3) is 0.462. The Morgan fingerprint density at radius 2 is 2.24 bits per heavy atom. The van der Waals surface area contributed by atoms with Crippen molar-refractivity contribution < 1.29 is 14.8 Å². The van der Waals surface area contributed by atoms with Crippen LogP contribution in [-0.4, -0.2) is 28.2 Å². The van der Waals surface area contributed by atoms with Crippen molar-refractivity contribution in [3.63, 3.8) is 0 Å². The molecule has 1 unspecified atom stereocenters. The summed E-state index contributed by atoms with van der Waals surface area (Å²) in [5.74, 6) is 0.264. The number of urea groups is 1. The molecule has 1 aliphatic carbocycles. The van der Waals surface area contributed by atoms with E-state index >= 15 is 0 Å². The van der Waals surface area contributed by atoms with Gasteiger partial charge in [0, 0.05) is 12.1 Å². The van der Waals surface area contributed by atoms with Gasteiger partial charge in [0.2, 0.25) is 0 Å². The minimum atomic E-state index is -0.669. The zero-order valence-electron chi connectivity index (χ0n) is 11.4. The third kappa shape index (κ3) is 3.62. The molecule has 1 aliphatic rings. The number of carbonyl (C=O) groups excluding carboxylic acids is 1. The molecule has 1 fully saturated rings. The van der Waals surface area contributed by atoms with E-state index in [0.29, 0.717) is 0 Å². The number of carbonyl (C=O) groups is 1. The number of halogens is 1. The summed E-state index contributed by atoms with van der Waals surface area (Å²) in [5, 5.41) is 25.4. The number of amides is 2. The van der Waals surface area contributed by atoms with Crippen LogP contribution in [-0.2, 0) is 0 Å². The van der Waals surface area contributed by atoms with E-state index in [1.165, 1.54) is 18.2 Å². The summed E-state index contributed by atoms with van der Waals surface area (Å²) in [6.45, 7) is 1.63. The summed E-state index contributed by atoms with van der Waals surface area (Å²) in [5.41, 5.74) is -0.544. The number of aliphatic hydroxyl groups is 1. The molecule has 2 rings (SSSR count). The van der Waals surface area contributed by atoms with Gasteiger partial charge in [0.25, 0.3) is 5.69 Å². The highest BCUT2D eigenvalue weighted by Gasteiger charge is 2.42. The fourth-order valence-corrected chi connectivity index (χ4v) is 2.35. The predicted molar refractivity (Wildman–Crippen MR) is 78.5 cm³/mol. The van der Waals surface area contributed by atoms with Crippen LogP contribution in [0.5, 0.6) is 0 Å². The molecule has 7 nitrogen and oxygen atoms in total. The number of nitrogens with zero attached hydrogens (tertiary/aromatic N) is 1. The highest BCUT2D eigenvalue weighted by Crippen LogP contribution is 2.39. The van der Waals surface area contributed by atoms with Crippen LogP contribution in [0, 0.1) is 16.0 Å². The summed E-state index contributed by atoms with van der Waals surface area (Å²) < 4.78 is 0. The van der Waals surface area contributed by atoms with E-state index in [1.807, 2.05) is 0 Å². The summed E-state index contributed by atoms with van der Waals surface area (Å²) >= 11 is 5.90. The number of aliphatic hydroxyl groups excluding tert-OH is 1. The van der Waals surface area contributed by atoms with Gasteiger partial charge in [-0.15, -0.1) is 0 Å². The Labute approximate surface area is 126 Å². The van der Waals surface area contributed by atoms with E-state index in [0.717, 1.165) is 12.8 Å². The van der Waals surface area contributed by atoms with Crippen LogP contribution in [0.3, 0.4) is 0 Å². The molecule has 0 saturated heterocycles. The molecule has 114 valence electrons. The van der Waals surface area contributed by atoms with E-state index in [1.54, 1.807) is 6.92 Å². The first-order valence-corrected chi connectivity index (χ1v) is 6.87. The van der Waals surface area contributed by atoms with Gasteiger partial charge in [-0.05, 0) is 31.7 Å². The second-order valence-corrected chi connectivity index (χ2v) is 5.76. The number of hydrogen-bond acceptors (Lipinski definition) is 4. The SMILES string of the molecule is CC(CO)(NC(=O)Nc1ccc([N+](=O)[O-])cc1Cl)C1CC1. The first kappa shape index (κ1) is 15.5. The molecule has 1 aromatic rings. The maximum Gasteiger partial charge on any atom is 0.319 e. The molecule has 0 heterocycles. The zero-order valence-corrected chi connectivity index (χ0v) is 12.2. The number of benzene rings is 1. The first-order chi connectivity index (χ1) is 9.85. The van der Waals surface area contributed by atoms with Gasteiger partial charge in [-0.1, -0.05) is 11.6 Å². The highest BCUT2D eigenvalue weighted by molar-refractivity contribution is 6.33. The van der Waals surface area contributed by atoms with E-state index < -0.39 is 16.5 Å². The van der Waals surface area contributed by atoms with Gasteiger partial charge in [0.15, 0.2) is 0 Å². The zero-order chi connectivity index (χ0) is 15.6. The van der Waals surface area contributed by atoms with Gasteiger partial charge in [-0.2, -0.15) is 0 Å². The normalized spacial score (nSPS) is 16.9. The van der Waals surface area contributed by atoms with Crippen molar-refractivity contribution in [2.75, 3.05) is 11.9 Å². The average molecular weight is 314 g/mol. The third-order valence-corrected chi connectivity index (χ3v) is 3.93. The Morgan fingerprint density at radius 1 is 1.57 bits per heavy atom. The van der Waals surface area contributed by atoms with Gasteiger partial charge in [-0.3, -0.25) is 10.1 Å². The van der Waals surface area contributed by atoms with Crippen molar-refractivity contribution in [2.24, 2.45) is 5.92 Å². The molecule has 0 aromatic heterocycles. The predicted octanol–water partition coefficient (Wildman–Crippen LogP) is 2.53. The van der Waals surface area contributed by atoms with Crippen LogP contribution >= 0.6 is 11.6 Å². The van der Waals surface area contributed by atoms with Gasteiger partial charge < -0.3 is 15.7 Å². The third-order valence-electron chi connectivity index (χ3n) is 3.62. The van der Waals surface area contributed by atoms with Gasteiger partial charge in [0.1, 0.15) is 0 Å². The standard InChI is InChI=1S/C13H16ClN3O4/c1-13(7-18,8-2-3-8)16-12(19)15-11-5-4-9(17(20)21)6-10(11)14/h4-6,8,18H,2-3,7H2,1H3,(H2,15,16,19). The van der Waals surface area contributed by atoms with Crippen molar-refractivity contribution in [3.8, 4) is 0 Å². The summed E-state index contributed by atoms with van der Waals surface area (Å²) in [4.78, 5) is 22.0. The smallest absolute Gasteiger partial charge is 0.319 e. The topological polar surface area (TPSA) is 104 Å². The lowest BCUT2D eigenvalue weighted by molar-refractivity contribution is -0.384. The second kappa shape index (κ2) is 5.87. The molecule has 8 heteroatoms. The molecule has 0 bridgehead atoms. The Morgan fingerprint density at radius 3 is 2.71 bits per heavy atom. The molecular weight excluding hydrogens is 298 g/mol. The Hall–Kier alpha value is -1.86. The van der Waals surface area contributed by atoms with E-state index in [4.69, 9.17) is 11.6 Å². The Kier molecular flexibility index (Phi) is 4.34. The summed E-state index contributed by atoms with van der Waals surface area (Å²) in [6, 6.07) is 3.29. The molecule has 1 saturated carbocycles. The number of anilines is 1. The first-order valence-electron chi connectivity index (χ1n) is 6.49. The fourth-order valence-electron chi connectivity index (χ4n) is 2.12. The molecular formula is C13H16ClN3O4. The lowest BCUT2D eigenvalue weighted by atomic mass is 9.97. The monoisotopic (exact) mass is 313 g/mol. The van der Waals surface area contributed by atoms with Crippen LogP contribution in [0.4, 0.5) is 16.2 Å². The maximum absolute atomic E-state index is 12.0. The van der Waals surface area contributed by atoms with Crippen molar-refractivity contribution in [1.82, 2.24) is 5.32 Å². The number of non-ortho nitro benzene ring substituents is 1. The van der Waals surface area contributed by atoms with E-state index in [2.05, 4.69) is 10.6 Å². The molecule has 2 amide bonds.